The van der Waals surface area contributed by atoms with Gasteiger partial charge in [-0.05, 0) is 12.1 Å². The third kappa shape index (κ3) is 2.50. The molecule has 0 bridgehead atoms. The fourth-order valence-corrected chi connectivity index (χ4v) is 3.29. The zero-order valence-electron chi connectivity index (χ0n) is 9.50. The molecule has 1 fully saturated rings. The Morgan fingerprint density at radius 2 is 1.89 bits per heavy atom. The molecule has 2 N–H and O–H groups in total. The topological polar surface area (TPSA) is 101 Å². The second-order valence-electron chi connectivity index (χ2n) is 3.94. The lowest BCUT2D eigenvalue weighted by Gasteiger charge is -2.24. The second kappa shape index (κ2) is 5.01. The number of benzene rings is 1. The van der Waals surface area contributed by atoms with Crippen molar-refractivity contribution in [2.45, 2.75) is 10.3 Å². The SMILES string of the molecule is O=[N+]([O-])c1ccc(S(=O)(=O)C2CNCCN2)cc1. The summed E-state index contributed by atoms with van der Waals surface area (Å²) in [5.41, 5.74) is -0.122. The molecular weight excluding hydrogens is 258 g/mol. The first-order chi connectivity index (χ1) is 8.51. The molecule has 0 aromatic heterocycles. The maximum atomic E-state index is 12.2. The van der Waals surface area contributed by atoms with Crippen LogP contribution in [0.5, 0.6) is 0 Å². The van der Waals surface area contributed by atoms with Crippen LogP contribution in [-0.2, 0) is 9.84 Å². The Hall–Kier alpha value is -1.51. The average molecular weight is 271 g/mol. The van der Waals surface area contributed by atoms with Crippen LogP contribution in [0.1, 0.15) is 0 Å². The van der Waals surface area contributed by atoms with E-state index in [-0.39, 0.29) is 10.6 Å². The summed E-state index contributed by atoms with van der Waals surface area (Å²) in [6.07, 6.45) is 0. The van der Waals surface area contributed by atoms with Crippen LogP contribution in [0.3, 0.4) is 0 Å². The fourth-order valence-electron chi connectivity index (χ4n) is 1.77. The Bertz CT molecular complexity index is 535. The Kier molecular flexibility index (Phi) is 3.60. The minimum absolute atomic E-state index is 0.0919. The number of piperazine rings is 1. The van der Waals surface area contributed by atoms with E-state index in [9.17, 15) is 18.5 Å². The molecule has 0 radical (unpaired) electrons. The van der Waals surface area contributed by atoms with Gasteiger partial charge in [-0.3, -0.25) is 15.4 Å². The minimum atomic E-state index is -3.50. The monoisotopic (exact) mass is 271 g/mol. The maximum absolute atomic E-state index is 12.2. The number of nitrogens with zero attached hydrogens (tertiary/aromatic N) is 1. The number of nitrogens with one attached hydrogen (secondary N) is 2. The van der Waals surface area contributed by atoms with Crippen molar-refractivity contribution in [3.8, 4) is 0 Å². The largest absolute Gasteiger partial charge is 0.313 e. The number of nitro benzene ring substituents is 1. The highest BCUT2D eigenvalue weighted by Gasteiger charge is 2.28. The number of hydrogen-bond donors (Lipinski definition) is 2. The van der Waals surface area contributed by atoms with Crippen molar-refractivity contribution in [3.63, 3.8) is 0 Å². The van der Waals surface area contributed by atoms with Gasteiger partial charge in [0, 0.05) is 31.8 Å². The lowest BCUT2D eigenvalue weighted by molar-refractivity contribution is -0.384. The van der Waals surface area contributed by atoms with E-state index in [1.165, 1.54) is 24.3 Å². The van der Waals surface area contributed by atoms with Crippen LogP contribution in [0, 0.1) is 10.1 Å². The molecular formula is C10H13N3O4S. The van der Waals surface area contributed by atoms with Crippen molar-refractivity contribution < 1.29 is 13.3 Å². The molecule has 1 heterocycles. The van der Waals surface area contributed by atoms with Gasteiger partial charge in [-0.15, -0.1) is 0 Å². The van der Waals surface area contributed by atoms with Crippen molar-refractivity contribution in [2.75, 3.05) is 19.6 Å². The maximum Gasteiger partial charge on any atom is 0.269 e. The molecule has 8 heteroatoms. The van der Waals surface area contributed by atoms with Crippen LogP contribution in [0.25, 0.3) is 0 Å². The highest BCUT2D eigenvalue weighted by molar-refractivity contribution is 7.92. The molecule has 1 aliphatic rings. The normalized spacial score (nSPS) is 20.6. The standard InChI is InChI=1S/C10H13N3O4S/c14-13(15)8-1-3-9(4-2-8)18(16,17)10-7-11-5-6-12-10/h1-4,10-12H,5-7H2. The van der Waals surface area contributed by atoms with E-state index >= 15 is 0 Å². The zero-order chi connectivity index (χ0) is 13.2. The summed E-state index contributed by atoms with van der Waals surface area (Å²) in [5.74, 6) is 0. The number of hydrogen-bond acceptors (Lipinski definition) is 6. The predicted octanol–water partition coefficient (Wildman–Crippen LogP) is -0.113. The van der Waals surface area contributed by atoms with Gasteiger partial charge >= 0.3 is 0 Å². The molecule has 1 aliphatic heterocycles. The van der Waals surface area contributed by atoms with E-state index in [1.54, 1.807) is 0 Å². The smallest absolute Gasteiger partial charge is 0.269 e. The van der Waals surface area contributed by atoms with E-state index in [0.717, 1.165) is 6.54 Å². The van der Waals surface area contributed by atoms with Crippen molar-refractivity contribution >= 4 is 15.5 Å². The molecule has 0 amide bonds. The average Bonchev–Trinajstić information content (AvgIpc) is 2.40. The van der Waals surface area contributed by atoms with E-state index in [2.05, 4.69) is 10.6 Å². The minimum Gasteiger partial charge on any atom is -0.313 e. The molecule has 0 spiro atoms. The summed E-state index contributed by atoms with van der Waals surface area (Å²) < 4.78 is 24.4. The summed E-state index contributed by atoms with van der Waals surface area (Å²) in [7, 11) is -3.50. The summed E-state index contributed by atoms with van der Waals surface area (Å²) in [6, 6.07) is 4.93. The third-order valence-electron chi connectivity index (χ3n) is 2.75. The molecule has 7 nitrogen and oxygen atoms in total. The molecule has 98 valence electrons. The summed E-state index contributed by atoms with van der Waals surface area (Å²) >= 11 is 0. The van der Waals surface area contributed by atoms with Gasteiger partial charge < -0.3 is 5.32 Å². The van der Waals surface area contributed by atoms with Crippen LogP contribution >= 0.6 is 0 Å². The van der Waals surface area contributed by atoms with Gasteiger partial charge in [0.2, 0.25) is 0 Å². The quantitative estimate of drug-likeness (QED) is 0.587. The molecule has 1 aromatic carbocycles. The number of non-ortho nitro benzene ring substituents is 1. The van der Waals surface area contributed by atoms with Gasteiger partial charge in [-0.1, -0.05) is 0 Å². The van der Waals surface area contributed by atoms with Gasteiger partial charge in [-0.2, -0.15) is 0 Å². The molecule has 1 unspecified atom stereocenters. The second-order valence-corrected chi connectivity index (χ2v) is 6.07. The van der Waals surface area contributed by atoms with Crippen molar-refractivity contribution in [2.24, 2.45) is 0 Å². The fraction of sp³-hybridized carbons (Fsp3) is 0.400. The first-order valence-corrected chi connectivity index (χ1v) is 6.99. The van der Waals surface area contributed by atoms with Gasteiger partial charge in [0.1, 0.15) is 5.37 Å². The summed E-state index contributed by atoms with van der Waals surface area (Å²) in [4.78, 5) is 10.0. The zero-order valence-corrected chi connectivity index (χ0v) is 10.3. The lowest BCUT2D eigenvalue weighted by atomic mass is 10.3. The first-order valence-electron chi connectivity index (χ1n) is 5.44. The summed E-state index contributed by atoms with van der Waals surface area (Å²) in [6.45, 7) is 1.64. The lowest BCUT2D eigenvalue weighted by Crippen LogP contribution is -2.52. The van der Waals surface area contributed by atoms with Gasteiger partial charge in [0.15, 0.2) is 9.84 Å². The molecule has 0 saturated carbocycles. The number of nitro groups is 1. The Balaban J connectivity index is 2.26. The highest BCUT2D eigenvalue weighted by atomic mass is 32.2. The third-order valence-corrected chi connectivity index (χ3v) is 4.77. The molecule has 0 aliphatic carbocycles. The van der Waals surface area contributed by atoms with Gasteiger partial charge in [0.05, 0.1) is 9.82 Å². The van der Waals surface area contributed by atoms with Crippen LogP contribution < -0.4 is 10.6 Å². The van der Waals surface area contributed by atoms with E-state index < -0.39 is 20.1 Å². The molecule has 2 rings (SSSR count). The van der Waals surface area contributed by atoms with Crippen LogP contribution in [-0.4, -0.2) is 38.3 Å². The van der Waals surface area contributed by atoms with Crippen molar-refractivity contribution in [1.82, 2.24) is 10.6 Å². The Labute approximate surface area is 104 Å². The van der Waals surface area contributed by atoms with Gasteiger partial charge in [0.25, 0.3) is 5.69 Å². The number of sulfone groups is 1. The van der Waals surface area contributed by atoms with Crippen LogP contribution in [0.2, 0.25) is 0 Å². The van der Waals surface area contributed by atoms with Crippen LogP contribution in [0.15, 0.2) is 29.2 Å². The van der Waals surface area contributed by atoms with E-state index in [4.69, 9.17) is 0 Å². The van der Waals surface area contributed by atoms with Crippen LogP contribution in [0.4, 0.5) is 5.69 Å². The highest BCUT2D eigenvalue weighted by Crippen LogP contribution is 2.19. The first kappa shape index (κ1) is 12.9. The van der Waals surface area contributed by atoms with Crippen molar-refractivity contribution in [3.05, 3.63) is 34.4 Å². The molecule has 18 heavy (non-hydrogen) atoms. The van der Waals surface area contributed by atoms with Crippen molar-refractivity contribution in [1.29, 1.82) is 0 Å². The van der Waals surface area contributed by atoms with Gasteiger partial charge in [-0.25, -0.2) is 8.42 Å². The predicted molar refractivity (Wildman–Crippen MR) is 64.9 cm³/mol. The molecule has 1 saturated heterocycles. The Morgan fingerprint density at radius 3 is 2.39 bits per heavy atom. The molecule has 1 aromatic rings. The molecule has 1 atom stereocenters. The van der Waals surface area contributed by atoms with E-state index in [0.29, 0.717) is 13.1 Å². The number of rotatable bonds is 3. The van der Waals surface area contributed by atoms with E-state index in [1.807, 2.05) is 0 Å². The Morgan fingerprint density at radius 1 is 1.22 bits per heavy atom. The summed E-state index contributed by atoms with van der Waals surface area (Å²) in [5, 5.41) is 15.7.